The Labute approximate surface area is 87.0 Å². The Morgan fingerprint density at radius 1 is 1.57 bits per heavy atom. The van der Waals surface area contributed by atoms with E-state index in [9.17, 15) is 5.11 Å². The van der Waals surface area contributed by atoms with Gasteiger partial charge in [0.25, 0.3) is 0 Å². The number of rotatable bonds is 3. The van der Waals surface area contributed by atoms with E-state index in [1.54, 1.807) is 13.0 Å². The molecule has 0 aliphatic rings. The van der Waals surface area contributed by atoms with Crippen molar-refractivity contribution in [1.29, 1.82) is 0 Å². The Morgan fingerprint density at radius 3 is 2.71 bits per heavy atom. The van der Waals surface area contributed by atoms with Gasteiger partial charge in [-0.1, -0.05) is 11.6 Å². The van der Waals surface area contributed by atoms with Gasteiger partial charge in [0.1, 0.15) is 16.5 Å². The first-order valence-corrected chi connectivity index (χ1v) is 4.41. The number of phenolic OH excluding ortho intramolecular Hbond substituents is 1. The summed E-state index contributed by atoms with van der Waals surface area (Å²) < 4.78 is 5.02. The highest BCUT2D eigenvalue weighted by molar-refractivity contribution is 6.33. The van der Waals surface area contributed by atoms with Crippen LogP contribution in [-0.2, 0) is 6.54 Å². The Bertz CT molecular complexity index is 341. The van der Waals surface area contributed by atoms with Crippen LogP contribution in [0.25, 0.3) is 0 Å². The molecule has 1 rings (SSSR count). The molecule has 0 saturated heterocycles. The van der Waals surface area contributed by atoms with E-state index >= 15 is 0 Å². The van der Waals surface area contributed by atoms with Gasteiger partial charge in [-0.15, -0.1) is 0 Å². The van der Waals surface area contributed by atoms with E-state index in [1.807, 2.05) is 5.48 Å². The van der Waals surface area contributed by atoms with Gasteiger partial charge in [-0.25, -0.2) is 5.48 Å². The smallest absolute Gasteiger partial charge is 0.145 e. The SMILES string of the molecule is COc1c(CNO)cc(C)c(O)c1Cl. The average Bonchev–Trinajstić information content (AvgIpc) is 2.16. The minimum Gasteiger partial charge on any atom is -0.506 e. The summed E-state index contributed by atoms with van der Waals surface area (Å²) in [6.07, 6.45) is 0. The van der Waals surface area contributed by atoms with E-state index in [1.165, 1.54) is 7.11 Å². The molecule has 0 fully saturated rings. The van der Waals surface area contributed by atoms with Crippen molar-refractivity contribution < 1.29 is 15.1 Å². The molecule has 0 spiro atoms. The zero-order chi connectivity index (χ0) is 10.7. The zero-order valence-electron chi connectivity index (χ0n) is 7.97. The monoisotopic (exact) mass is 217 g/mol. The Hall–Kier alpha value is -0.970. The summed E-state index contributed by atoms with van der Waals surface area (Å²) in [5.74, 6) is 0.376. The van der Waals surface area contributed by atoms with Gasteiger partial charge in [0.05, 0.1) is 7.11 Å². The molecule has 78 valence electrons. The van der Waals surface area contributed by atoms with Crippen molar-refractivity contribution >= 4 is 11.6 Å². The minimum absolute atomic E-state index is 0.00482. The zero-order valence-corrected chi connectivity index (χ0v) is 8.72. The number of phenols is 1. The molecule has 1 aromatic rings. The second-order valence-corrected chi connectivity index (χ2v) is 3.26. The number of nitrogens with one attached hydrogen (secondary N) is 1. The highest BCUT2D eigenvalue weighted by atomic mass is 35.5. The molecule has 1 aromatic carbocycles. The predicted molar refractivity (Wildman–Crippen MR) is 53.0 cm³/mol. The summed E-state index contributed by atoms with van der Waals surface area (Å²) in [7, 11) is 1.46. The Kier molecular flexibility index (Phi) is 3.57. The number of aromatic hydroxyl groups is 1. The molecular weight excluding hydrogens is 206 g/mol. The van der Waals surface area contributed by atoms with Crippen LogP contribution in [0.5, 0.6) is 11.5 Å². The second-order valence-electron chi connectivity index (χ2n) is 2.88. The second kappa shape index (κ2) is 4.50. The van der Waals surface area contributed by atoms with Crippen LogP contribution in [0.15, 0.2) is 6.07 Å². The molecule has 0 bridgehead atoms. The van der Waals surface area contributed by atoms with Gasteiger partial charge in [-0.05, 0) is 18.6 Å². The third kappa shape index (κ3) is 1.92. The molecule has 0 unspecified atom stereocenters. The van der Waals surface area contributed by atoms with Gasteiger partial charge in [0.2, 0.25) is 0 Å². The van der Waals surface area contributed by atoms with Crippen molar-refractivity contribution in [3.63, 3.8) is 0 Å². The fourth-order valence-electron chi connectivity index (χ4n) is 1.25. The minimum atomic E-state index is 0.00482. The normalized spacial score (nSPS) is 10.3. The van der Waals surface area contributed by atoms with Gasteiger partial charge >= 0.3 is 0 Å². The predicted octanol–water partition coefficient (Wildman–Crippen LogP) is 1.84. The summed E-state index contributed by atoms with van der Waals surface area (Å²) in [5.41, 5.74) is 3.34. The fraction of sp³-hybridized carbons (Fsp3) is 0.333. The topological polar surface area (TPSA) is 61.7 Å². The highest BCUT2D eigenvalue weighted by Gasteiger charge is 2.14. The Morgan fingerprint density at radius 2 is 2.21 bits per heavy atom. The molecule has 5 heteroatoms. The van der Waals surface area contributed by atoms with Crippen LogP contribution in [-0.4, -0.2) is 17.4 Å². The lowest BCUT2D eigenvalue weighted by molar-refractivity contribution is 0.160. The first-order valence-electron chi connectivity index (χ1n) is 4.03. The average molecular weight is 218 g/mol. The molecule has 0 aliphatic carbocycles. The third-order valence-corrected chi connectivity index (χ3v) is 2.29. The van der Waals surface area contributed by atoms with Crippen molar-refractivity contribution in [2.45, 2.75) is 13.5 Å². The van der Waals surface area contributed by atoms with E-state index in [4.69, 9.17) is 21.5 Å². The van der Waals surface area contributed by atoms with Gasteiger partial charge in [-0.3, -0.25) is 0 Å². The summed E-state index contributed by atoms with van der Waals surface area (Å²) >= 11 is 5.86. The van der Waals surface area contributed by atoms with Crippen LogP contribution in [0.1, 0.15) is 11.1 Å². The molecule has 0 atom stereocenters. The lowest BCUT2D eigenvalue weighted by atomic mass is 10.1. The lowest BCUT2D eigenvalue weighted by Crippen LogP contribution is -2.08. The maximum absolute atomic E-state index is 9.52. The largest absolute Gasteiger partial charge is 0.506 e. The van der Waals surface area contributed by atoms with Crippen LogP contribution in [0, 0.1) is 6.92 Å². The van der Waals surface area contributed by atoms with Crippen LogP contribution in [0.4, 0.5) is 0 Å². The standard InChI is InChI=1S/C9H12ClNO3/c1-5-3-6(4-11-13)9(14-2)7(10)8(5)12/h3,11-13H,4H2,1-2H3. The highest BCUT2D eigenvalue weighted by Crippen LogP contribution is 2.38. The van der Waals surface area contributed by atoms with Crippen molar-refractivity contribution in [2.24, 2.45) is 0 Å². The summed E-state index contributed by atoms with van der Waals surface area (Å²) in [5, 5.41) is 18.3. The maximum Gasteiger partial charge on any atom is 0.145 e. The molecule has 0 aliphatic heterocycles. The quantitative estimate of drug-likeness (QED) is 0.677. The number of ether oxygens (including phenoxy) is 1. The number of aryl methyl sites for hydroxylation is 1. The van der Waals surface area contributed by atoms with Gasteiger partial charge < -0.3 is 15.1 Å². The third-order valence-electron chi connectivity index (χ3n) is 1.94. The number of methoxy groups -OCH3 is 1. The summed E-state index contributed by atoms with van der Waals surface area (Å²) in [6, 6.07) is 1.70. The van der Waals surface area contributed by atoms with E-state index in [-0.39, 0.29) is 17.3 Å². The molecule has 14 heavy (non-hydrogen) atoms. The number of hydrogen-bond donors (Lipinski definition) is 3. The van der Waals surface area contributed by atoms with Crippen molar-refractivity contribution in [2.75, 3.05) is 7.11 Å². The molecule has 0 saturated carbocycles. The molecular formula is C9H12ClNO3. The molecule has 0 amide bonds. The van der Waals surface area contributed by atoms with Crippen LogP contribution < -0.4 is 10.2 Å². The van der Waals surface area contributed by atoms with E-state index in [2.05, 4.69) is 0 Å². The van der Waals surface area contributed by atoms with Crippen molar-refractivity contribution in [3.05, 3.63) is 22.2 Å². The number of halogens is 1. The van der Waals surface area contributed by atoms with E-state index in [0.29, 0.717) is 16.9 Å². The van der Waals surface area contributed by atoms with E-state index < -0.39 is 0 Å². The van der Waals surface area contributed by atoms with Crippen LogP contribution in [0.2, 0.25) is 5.02 Å². The number of hydrogen-bond acceptors (Lipinski definition) is 4. The first kappa shape index (κ1) is 11.1. The lowest BCUT2D eigenvalue weighted by Gasteiger charge is -2.12. The molecule has 0 aromatic heterocycles. The van der Waals surface area contributed by atoms with Gasteiger partial charge in [0.15, 0.2) is 0 Å². The maximum atomic E-state index is 9.52. The molecule has 0 radical (unpaired) electrons. The molecule has 4 nitrogen and oxygen atoms in total. The molecule has 3 N–H and O–H groups in total. The van der Waals surface area contributed by atoms with Gasteiger partial charge in [0, 0.05) is 12.1 Å². The number of benzene rings is 1. The first-order chi connectivity index (χ1) is 6.61. The molecule has 0 heterocycles. The van der Waals surface area contributed by atoms with E-state index in [0.717, 1.165) is 0 Å². The van der Waals surface area contributed by atoms with Crippen LogP contribution in [0.3, 0.4) is 0 Å². The van der Waals surface area contributed by atoms with Crippen molar-refractivity contribution in [3.8, 4) is 11.5 Å². The Balaban J connectivity index is 3.28. The van der Waals surface area contributed by atoms with Crippen molar-refractivity contribution in [1.82, 2.24) is 5.48 Å². The number of hydroxylamine groups is 1. The van der Waals surface area contributed by atoms with Gasteiger partial charge in [-0.2, -0.15) is 0 Å². The summed E-state index contributed by atoms with van der Waals surface area (Å²) in [6.45, 7) is 1.94. The fourth-order valence-corrected chi connectivity index (χ4v) is 1.60. The summed E-state index contributed by atoms with van der Waals surface area (Å²) in [4.78, 5) is 0. The van der Waals surface area contributed by atoms with Crippen LogP contribution >= 0.6 is 11.6 Å².